The van der Waals surface area contributed by atoms with Crippen LogP contribution in [0.3, 0.4) is 0 Å². The predicted molar refractivity (Wildman–Crippen MR) is 128 cm³/mol. The summed E-state index contributed by atoms with van der Waals surface area (Å²) in [4.78, 5) is 21.4. The van der Waals surface area contributed by atoms with Crippen LogP contribution in [0.2, 0.25) is 0 Å². The molecule has 4 rings (SSSR count). The molecule has 1 atom stereocenters. The van der Waals surface area contributed by atoms with E-state index in [1.54, 1.807) is 31.2 Å². The van der Waals surface area contributed by atoms with Gasteiger partial charge in [0, 0.05) is 37.8 Å². The minimum Gasteiger partial charge on any atom is -0.455 e. The van der Waals surface area contributed by atoms with Crippen molar-refractivity contribution in [3.05, 3.63) is 75.7 Å². The molecule has 1 aliphatic heterocycles. The Kier molecular flexibility index (Phi) is 6.28. The van der Waals surface area contributed by atoms with Gasteiger partial charge in [0.15, 0.2) is 11.8 Å². The number of H-pyrrole nitrogens is 1. The number of ether oxygens (including phenoxy) is 1. The zero-order valence-electron chi connectivity index (χ0n) is 20.2. The quantitative estimate of drug-likeness (QED) is 0.513. The number of alkyl halides is 1. The van der Waals surface area contributed by atoms with E-state index in [1.807, 2.05) is 6.92 Å². The van der Waals surface area contributed by atoms with E-state index in [1.165, 1.54) is 6.92 Å². The highest BCUT2D eigenvalue weighted by molar-refractivity contribution is 5.68. The molecule has 34 heavy (non-hydrogen) atoms. The summed E-state index contributed by atoms with van der Waals surface area (Å²) < 4.78 is 20.6. The van der Waals surface area contributed by atoms with Crippen molar-refractivity contribution in [1.29, 1.82) is 5.26 Å². The molecule has 2 heterocycles. The molecule has 0 aliphatic carbocycles. The number of benzene rings is 2. The number of imidazole rings is 1. The lowest BCUT2D eigenvalue weighted by Gasteiger charge is -2.45. The van der Waals surface area contributed by atoms with E-state index in [2.05, 4.69) is 41.9 Å². The molecule has 0 bridgehead atoms. The van der Waals surface area contributed by atoms with Crippen LogP contribution in [0.1, 0.15) is 59.3 Å². The molecule has 0 amide bonds. The number of esters is 1. The maximum Gasteiger partial charge on any atom is 0.303 e. The SMILES string of the molecule is CC(=O)OC(C)c1nc(-c2cc(CN3CC(F)(c4ccc(C#N)cc4)C3)c(C)cc2C)c(C)[nH]1. The van der Waals surface area contributed by atoms with Crippen LogP contribution >= 0.6 is 0 Å². The molecular weight excluding hydrogens is 431 g/mol. The number of nitrogens with zero attached hydrogens (tertiary/aromatic N) is 3. The first-order valence-corrected chi connectivity index (χ1v) is 11.4. The van der Waals surface area contributed by atoms with Gasteiger partial charge in [0.05, 0.1) is 17.3 Å². The Labute approximate surface area is 199 Å². The minimum absolute atomic E-state index is 0.313. The molecule has 6 nitrogen and oxygen atoms in total. The molecule has 7 heteroatoms. The largest absolute Gasteiger partial charge is 0.455 e. The normalized spacial score (nSPS) is 15.9. The number of carbonyl (C=O) groups excluding carboxylic acids is 1. The fourth-order valence-corrected chi connectivity index (χ4v) is 4.61. The Hall–Kier alpha value is -3.50. The Morgan fingerprint density at radius 3 is 2.53 bits per heavy atom. The van der Waals surface area contributed by atoms with Crippen LogP contribution < -0.4 is 0 Å². The van der Waals surface area contributed by atoms with Gasteiger partial charge in [0.1, 0.15) is 5.82 Å². The van der Waals surface area contributed by atoms with Gasteiger partial charge in [0.25, 0.3) is 0 Å². The molecule has 0 saturated carbocycles. The van der Waals surface area contributed by atoms with Crippen molar-refractivity contribution in [1.82, 2.24) is 14.9 Å². The maximum absolute atomic E-state index is 15.4. The number of hydrogen-bond donors (Lipinski definition) is 1. The molecule has 1 aliphatic rings. The topological polar surface area (TPSA) is 82.0 Å². The van der Waals surface area contributed by atoms with Crippen molar-refractivity contribution in [3.63, 3.8) is 0 Å². The first-order valence-electron chi connectivity index (χ1n) is 11.4. The minimum atomic E-state index is -1.39. The zero-order chi connectivity index (χ0) is 24.6. The highest BCUT2D eigenvalue weighted by Crippen LogP contribution is 2.38. The van der Waals surface area contributed by atoms with Gasteiger partial charge in [-0.05, 0) is 68.1 Å². The van der Waals surface area contributed by atoms with Crippen LogP contribution in [-0.2, 0) is 21.7 Å². The number of aryl methyl sites for hydroxylation is 3. The lowest BCUT2D eigenvalue weighted by molar-refractivity contribution is -0.146. The molecule has 0 spiro atoms. The molecule has 1 fully saturated rings. The Balaban J connectivity index is 1.53. The number of rotatable bonds is 6. The first kappa shape index (κ1) is 23.7. The van der Waals surface area contributed by atoms with E-state index >= 15 is 4.39 Å². The number of carbonyl (C=O) groups is 1. The average molecular weight is 461 g/mol. The van der Waals surface area contributed by atoms with Gasteiger partial charge in [-0.3, -0.25) is 9.69 Å². The van der Waals surface area contributed by atoms with Crippen LogP contribution in [0.15, 0.2) is 36.4 Å². The van der Waals surface area contributed by atoms with E-state index in [-0.39, 0.29) is 5.97 Å². The summed E-state index contributed by atoms with van der Waals surface area (Å²) in [7, 11) is 0. The van der Waals surface area contributed by atoms with Crippen molar-refractivity contribution in [3.8, 4) is 17.3 Å². The average Bonchev–Trinajstić information content (AvgIpc) is 3.15. The lowest BCUT2D eigenvalue weighted by atomic mass is 9.86. The first-order chi connectivity index (χ1) is 16.1. The number of hydrogen-bond acceptors (Lipinski definition) is 5. The maximum atomic E-state index is 15.4. The van der Waals surface area contributed by atoms with E-state index in [0.717, 1.165) is 33.6 Å². The highest BCUT2D eigenvalue weighted by atomic mass is 19.1. The zero-order valence-corrected chi connectivity index (χ0v) is 20.2. The summed E-state index contributed by atoms with van der Waals surface area (Å²) in [6.07, 6.45) is -0.462. The number of likely N-dealkylation sites (tertiary alicyclic amines) is 1. The van der Waals surface area contributed by atoms with E-state index in [9.17, 15) is 4.79 Å². The summed E-state index contributed by atoms with van der Waals surface area (Å²) in [6.45, 7) is 10.5. The summed E-state index contributed by atoms with van der Waals surface area (Å²) in [5.41, 5.74) is 5.87. The van der Waals surface area contributed by atoms with Gasteiger partial charge in [-0.25, -0.2) is 9.37 Å². The molecule has 1 aromatic heterocycles. The Morgan fingerprint density at radius 2 is 1.91 bits per heavy atom. The van der Waals surface area contributed by atoms with Crippen LogP contribution in [0, 0.1) is 32.1 Å². The summed E-state index contributed by atoms with van der Waals surface area (Å²) in [5, 5.41) is 8.96. The van der Waals surface area contributed by atoms with Gasteiger partial charge >= 0.3 is 5.97 Å². The molecule has 176 valence electrons. The summed E-state index contributed by atoms with van der Waals surface area (Å²) >= 11 is 0. The van der Waals surface area contributed by atoms with Crippen LogP contribution in [0.5, 0.6) is 0 Å². The third-order valence-electron chi connectivity index (χ3n) is 6.44. The van der Waals surface area contributed by atoms with Crippen molar-refractivity contribution in [2.45, 2.75) is 52.9 Å². The second-order valence-electron chi connectivity index (χ2n) is 9.24. The third kappa shape index (κ3) is 4.59. The van der Waals surface area contributed by atoms with Gasteiger partial charge < -0.3 is 9.72 Å². The van der Waals surface area contributed by atoms with Crippen LogP contribution in [-0.4, -0.2) is 33.9 Å². The Bertz CT molecular complexity index is 1270. The van der Waals surface area contributed by atoms with Crippen molar-refractivity contribution < 1.29 is 13.9 Å². The van der Waals surface area contributed by atoms with Gasteiger partial charge in [-0.2, -0.15) is 5.26 Å². The molecule has 3 aromatic rings. The molecule has 1 N–H and O–H groups in total. The Morgan fingerprint density at radius 1 is 1.24 bits per heavy atom. The predicted octanol–water partition coefficient (Wildman–Crippen LogP) is 5.18. The van der Waals surface area contributed by atoms with Crippen LogP contribution in [0.25, 0.3) is 11.3 Å². The number of aromatic nitrogens is 2. The molecule has 0 radical (unpaired) electrons. The van der Waals surface area contributed by atoms with Gasteiger partial charge in [0.2, 0.25) is 0 Å². The smallest absolute Gasteiger partial charge is 0.303 e. The van der Waals surface area contributed by atoms with Crippen LogP contribution in [0.4, 0.5) is 4.39 Å². The van der Waals surface area contributed by atoms with E-state index < -0.39 is 11.8 Å². The third-order valence-corrected chi connectivity index (χ3v) is 6.44. The van der Waals surface area contributed by atoms with Crippen molar-refractivity contribution in [2.75, 3.05) is 13.1 Å². The molecular formula is C27H29FN4O2. The van der Waals surface area contributed by atoms with Gasteiger partial charge in [-0.15, -0.1) is 0 Å². The van der Waals surface area contributed by atoms with E-state index in [0.29, 0.717) is 36.6 Å². The second kappa shape index (κ2) is 9.03. The summed E-state index contributed by atoms with van der Waals surface area (Å²) in [6, 6.07) is 13.1. The number of nitrogens with one attached hydrogen (secondary N) is 1. The molecule has 1 saturated heterocycles. The standard InChI is InChI=1S/C27H29FN4O2/c1-16-10-17(2)24(25-18(3)30-26(31-25)19(4)34-20(5)33)11-22(16)13-32-14-27(28,15-32)23-8-6-21(12-29)7-9-23/h6-11,19H,13-15H2,1-5H3,(H,30,31). The number of halogens is 1. The van der Waals surface area contributed by atoms with Gasteiger partial charge in [-0.1, -0.05) is 18.2 Å². The fourth-order valence-electron chi connectivity index (χ4n) is 4.61. The molecule has 1 unspecified atom stereocenters. The lowest BCUT2D eigenvalue weighted by Crippen LogP contribution is -2.56. The highest BCUT2D eigenvalue weighted by Gasteiger charge is 2.44. The number of aromatic amines is 1. The molecule has 2 aromatic carbocycles. The second-order valence-corrected chi connectivity index (χ2v) is 9.24. The fraction of sp³-hybridized carbons (Fsp3) is 0.370. The van der Waals surface area contributed by atoms with Crippen molar-refractivity contribution >= 4 is 5.97 Å². The van der Waals surface area contributed by atoms with E-state index in [4.69, 9.17) is 15.0 Å². The van der Waals surface area contributed by atoms with Crippen molar-refractivity contribution in [2.24, 2.45) is 0 Å². The monoisotopic (exact) mass is 460 g/mol. The number of nitriles is 1. The summed E-state index contributed by atoms with van der Waals surface area (Å²) in [5.74, 6) is 0.257.